The number of halogens is 4. The van der Waals surface area contributed by atoms with Gasteiger partial charge in [0.2, 0.25) is 5.91 Å². The topological polar surface area (TPSA) is 73.6 Å². The first-order valence-electron chi connectivity index (χ1n) is 7.80. The van der Waals surface area contributed by atoms with E-state index in [1.807, 2.05) is 0 Å². The first kappa shape index (κ1) is 22.6. The highest BCUT2D eigenvalue weighted by Gasteiger charge is 2.31. The molecule has 0 spiro atoms. The number of hydrogen-bond acceptors (Lipinski definition) is 4. The molecule has 2 rings (SSSR count). The Morgan fingerprint density at radius 1 is 1.11 bits per heavy atom. The zero-order valence-electron chi connectivity index (χ0n) is 14.5. The van der Waals surface area contributed by atoms with Crippen molar-refractivity contribution in [2.45, 2.75) is 19.1 Å². The van der Waals surface area contributed by atoms with Crippen LogP contribution < -0.4 is 20.5 Å². The predicted octanol–water partition coefficient (Wildman–Crippen LogP) is 4.00. The Balaban J connectivity index is 0.00000364. The molecule has 1 amide bonds. The Hall–Kier alpha value is -2.45. The Bertz CT molecular complexity index is 753. The van der Waals surface area contributed by atoms with E-state index < -0.39 is 17.6 Å². The van der Waals surface area contributed by atoms with Crippen molar-refractivity contribution in [2.75, 3.05) is 19.0 Å². The van der Waals surface area contributed by atoms with Crippen molar-refractivity contribution >= 4 is 24.0 Å². The molecule has 0 aromatic heterocycles. The van der Waals surface area contributed by atoms with Gasteiger partial charge in [0, 0.05) is 12.2 Å². The molecule has 9 heteroatoms. The summed E-state index contributed by atoms with van der Waals surface area (Å²) in [6.07, 6.45) is -4.53. The summed E-state index contributed by atoms with van der Waals surface area (Å²) in [6, 6.07) is 10.1. The van der Waals surface area contributed by atoms with Crippen molar-refractivity contribution in [3.63, 3.8) is 0 Å². The molecule has 0 atom stereocenters. The van der Waals surface area contributed by atoms with Gasteiger partial charge in [-0.2, -0.15) is 13.2 Å². The van der Waals surface area contributed by atoms with Crippen molar-refractivity contribution in [1.82, 2.24) is 0 Å². The van der Waals surface area contributed by atoms with Gasteiger partial charge in [-0.1, -0.05) is 0 Å². The smallest absolute Gasteiger partial charge is 0.416 e. The van der Waals surface area contributed by atoms with E-state index in [1.54, 1.807) is 31.4 Å². The number of benzene rings is 2. The normalized spacial score (nSPS) is 10.7. The van der Waals surface area contributed by atoms with Crippen LogP contribution in [0.2, 0.25) is 0 Å². The van der Waals surface area contributed by atoms with Gasteiger partial charge >= 0.3 is 6.18 Å². The molecule has 2 aromatic carbocycles. The second kappa shape index (κ2) is 10.0. The molecule has 3 N–H and O–H groups in total. The van der Waals surface area contributed by atoms with E-state index in [4.69, 9.17) is 15.2 Å². The number of carbonyl (C=O) groups is 1. The van der Waals surface area contributed by atoms with E-state index >= 15 is 0 Å². The molecule has 0 unspecified atom stereocenters. The average Bonchev–Trinajstić information content (AvgIpc) is 2.61. The number of amides is 1. The van der Waals surface area contributed by atoms with Crippen molar-refractivity contribution in [1.29, 1.82) is 0 Å². The summed E-state index contributed by atoms with van der Waals surface area (Å²) >= 11 is 0. The molecule has 0 aliphatic rings. The lowest BCUT2D eigenvalue weighted by Crippen LogP contribution is -2.16. The molecule has 0 heterocycles. The maximum Gasteiger partial charge on any atom is 0.416 e. The van der Waals surface area contributed by atoms with Crippen LogP contribution >= 0.6 is 12.4 Å². The standard InChI is InChI=1S/C18H19F3N2O3.ClH/c1-25-15-2-4-16(5-3-15)26-7-6-17(24)23-14-9-12(11-22)8-13(10-14)18(19,20)21;/h2-5,8-10H,6-7,11,22H2,1H3,(H,23,24);1H. The summed E-state index contributed by atoms with van der Waals surface area (Å²) in [5.41, 5.74) is 4.89. The molecule has 148 valence electrons. The van der Waals surface area contributed by atoms with E-state index in [2.05, 4.69) is 5.32 Å². The molecule has 0 saturated carbocycles. The quantitative estimate of drug-likeness (QED) is 0.731. The van der Waals surface area contributed by atoms with E-state index in [0.29, 0.717) is 11.5 Å². The van der Waals surface area contributed by atoms with Gasteiger partial charge in [0.15, 0.2) is 0 Å². The maximum absolute atomic E-state index is 12.9. The van der Waals surface area contributed by atoms with Crippen molar-refractivity contribution < 1.29 is 27.4 Å². The minimum Gasteiger partial charge on any atom is -0.497 e. The van der Waals surface area contributed by atoms with Gasteiger partial charge in [-0.05, 0) is 48.0 Å². The number of carbonyl (C=O) groups excluding carboxylic acids is 1. The van der Waals surface area contributed by atoms with Crippen LogP contribution in [-0.4, -0.2) is 19.6 Å². The second-order valence-corrected chi connectivity index (χ2v) is 5.44. The third-order valence-electron chi connectivity index (χ3n) is 3.50. The molecule has 0 fully saturated rings. The first-order chi connectivity index (χ1) is 12.3. The second-order valence-electron chi connectivity index (χ2n) is 5.44. The van der Waals surface area contributed by atoms with Crippen LogP contribution in [0, 0.1) is 0 Å². The molecular formula is C18H20ClF3N2O3. The molecule has 2 aromatic rings. The number of nitrogens with two attached hydrogens (primary N) is 1. The summed E-state index contributed by atoms with van der Waals surface area (Å²) in [5.74, 6) is 0.777. The number of alkyl halides is 3. The molecule has 0 aliphatic carbocycles. The van der Waals surface area contributed by atoms with E-state index in [-0.39, 0.29) is 43.2 Å². The molecule has 0 saturated heterocycles. The van der Waals surface area contributed by atoms with Gasteiger partial charge in [-0.25, -0.2) is 0 Å². The van der Waals surface area contributed by atoms with Gasteiger partial charge in [0.25, 0.3) is 0 Å². The largest absolute Gasteiger partial charge is 0.497 e. The highest BCUT2D eigenvalue weighted by molar-refractivity contribution is 5.91. The van der Waals surface area contributed by atoms with Crippen LogP contribution in [0.15, 0.2) is 42.5 Å². The fourth-order valence-corrected chi connectivity index (χ4v) is 2.20. The van der Waals surface area contributed by atoms with Crippen molar-refractivity contribution in [3.8, 4) is 11.5 Å². The Morgan fingerprint density at radius 2 is 1.74 bits per heavy atom. The molecule has 0 radical (unpaired) electrons. The average molecular weight is 405 g/mol. The third kappa shape index (κ3) is 6.99. The van der Waals surface area contributed by atoms with Crippen LogP contribution in [0.25, 0.3) is 0 Å². The number of hydrogen-bond donors (Lipinski definition) is 2. The van der Waals surface area contributed by atoms with Crippen molar-refractivity contribution in [3.05, 3.63) is 53.6 Å². The summed E-state index contributed by atoms with van der Waals surface area (Å²) < 4.78 is 49.1. The Kier molecular flexibility index (Phi) is 8.39. The lowest BCUT2D eigenvalue weighted by Gasteiger charge is -2.13. The summed E-state index contributed by atoms with van der Waals surface area (Å²) in [5, 5.41) is 2.44. The Labute approximate surface area is 161 Å². The lowest BCUT2D eigenvalue weighted by atomic mass is 10.1. The molecule has 5 nitrogen and oxygen atoms in total. The van der Waals surface area contributed by atoms with Crippen molar-refractivity contribution in [2.24, 2.45) is 5.73 Å². The number of ether oxygens (including phenoxy) is 2. The van der Waals surface area contributed by atoms with Crippen LogP contribution in [0.5, 0.6) is 11.5 Å². The van der Waals surface area contributed by atoms with Gasteiger partial charge in [0.05, 0.1) is 25.7 Å². The lowest BCUT2D eigenvalue weighted by molar-refractivity contribution is -0.137. The van der Waals surface area contributed by atoms with Gasteiger partial charge in [0.1, 0.15) is 11.5 Å². The highest BCUT2D eigenvalue weighted by Crippen LogP contribution is 2.32. The summed E-state index contributed by atoms with van der Waals surface area (Å²) in [6.45, 7) is 0.0221. The number of rotatable bonds is 7. The van der Waals surface area contributed by atoms with E-state index in [1.165, 1.54) is 6.07 Å². The fraction of sp³-hybridized carbons (Fsp3) is 0.278. The van der Waals surface area contributed by atoms with Crippen LogP contribution in [0.4, 0.5) is 18.9 Å². The number of anilines is 1. The molecule has 27 heavy (non-hydrogen) atoms. The van der Waals surface area contributed by atoms with Crippen LogP contribution in [0.3, 0.4) is 0 Å². The predicted molar refractivity (Wildman–Crippen MR) is 98.3 cm³/mol. The zero-order chi connectivity index (χ0) is 19.2. The van der Waals surface area contributed by atoms with Crippen LogP contribution in [-0.2, 0) is 17.5 Å². The number of nitrogens with one attached hydrogen (secondary N) is 1. The first-order valence-corrected chi connectivity index (χ1v) is 7.80. The third-order valence-corrected chi connectivity index (χ3v) is 3.50. The van der Waals surface area contributed by atoms with Gasteiger partial charge in [-0.15, -0.1) is 12.4 Å². The molecule has 0 bridgehead atoms. The van der Waals surface area contributed by atoms with Crippen LogP contribution in [0.1, 0.15) is 17.5 Å². The van der Waals surface area contributed by atoms with Gasteiger partial charge < -0.3 is 20.5 Å². The minimum atomic E-state index is -4.51. The summed E-state index contributed by atoms with van der Waals surface area (Å²) in [4.78, 5) is 11.9. The van der Waals surface area contributed by atoms with Gasteiger partial charge in [-0.3, -0.25) is 4.79 Å². The Morgan fingerprint density at radius 3 is 2.30 bits per heavy atom. The maximum atomic E-state index is 12.9. The summed E-state index contributed by atoms with van der Waals surface area (Å²) in [7, 11) is 1.55. The minimum absolute atomic E-state index is 0. The fourth-order valence-electron chi connectivity index (χ4n) is 2.20. The highest BCUT2D eigenvalue weighted by atomic mass is 35.5. The zero-order valence-corrected chi connectivity index (χ0v) is 15.3. The SMILES string of the molecule is COc1ccc(OCCC(=O)Nc2cc(CN)cc(C(F)(F)F)c2)cc1.Cl. The van der Waals surface area contributed by atoms with E-state index in [0.717, 1.165) is 12.1 Å². The molecule has 0 aliphatic heterocycles. The monoisotopic (exact) mass is 404 g/mol. The van der Waals surface area contributed by atoms with E-state index in [9.17, 15) is 18.0 Å². The number of methoxy groups -OCH3 is 1. The molecular weight excluding hydrogens is 385 g/mol.